The summed E-state index contributed by atoms with van der Waals surface area (Å²) >= 11 is 0. The molecular weight excluding hydrogens is 1170 g/mol. The van der Waals surface area contributed by atoms with Crippen molar-refractivity contribution in [3.05, 3.63) is 41.0 Å². The van der Waals surface area contributed by atoms with Gasteiger partial charge in [0.1, 0.15) is 71.7 Å². The number of carbonyl (C=O) groups excluding carboxylic acids is 8. The lowest BCUT2D eigenvalue weighted by molar-refractivity contribution is -0.202. The average Bonchev–Trinajstić information content (AvgIpc) is 1.31. The number of rotatable bonds is 38. The van der Waals surface area contributed by atoms with Crippen molar-refractivity contribution in [3.8, 4) is 23.0 Å². The third-order valence-corrected chi connectivity index (χ3v) is 19.4. The van der Waals surface area contributed by atoms with Crippen LogP contribution in [0.2, 0.25) is 0 Å². The number of unbranched alkanes of at least 4 members (excludes halogenated alkanes) is 3. The van der Waals surface area contributed by atoms with Crippen molar-refractivity contribution in [2.75, 3.05) is 78.9 Å². The van der Waals surface area contributed by atoms with Crippen LogP contribution in [-0.4, -0.2) is 166 Å². The molecule has 4 fully saturated rings. The van der Waals surface area contributed by atoms with Gasteiger partial charge in [0.25, 0.3) is 11.8 Å². The Hall–Kier alpha value is -6.48. The van der Waals surface area contributed by atoms with Gasteiger partial charge in [0, 0.05) is 43.9 Å². The van der Waals surface area contributed by atoms with Gasteiger partial charge in [0.15, 0.2) is 11.5 Å². The van der Waals surface area contributed by atoms with Crippen LogP contribution < -0.4 is 43.0 Å². The number of aromatic hydroxyl groups is 2. The third kappa shape index (κ3) is 18.8. The van der Waals surface area contributed by atoms with E-state index >= 15 is 0 Å². The first-order valence-corrected chi connectivity index (χ1v) is 31.7. The maximum atomic E-state index is 14.1. The molecule has 0 heterocycles. The highest BCUT2D eigenvalue weighted by Gasteiger charge is 2.65. The van der Waals surface area contributed by atoms with Gasteiger partial charge in [-0.1, -0.05) is 52.5 Å². The number of nitrogens with one attached hydrogen (secondary N) is 2. The van der Waals surface area contributed by atoms with Crippen LogP contribution in [0.4, 0.5) is 5.69 Å². The quantitative estimate of drug-likeness (QED) is 0.0247. The van der Waals surface area contributed by atoms with Gasteiger partial charge in [-0.3, -0.25) is 38.4 Å². The number of Topliss-reactive ketones (excluding diaryl/α,β-unsaturated/α-hetero) is 2. The molecule has 25 heteroatoms. The van der Waals surface area contributed by atoms with Crippen molar-refractivity contribution >= 4 is 52.8 Å². The molecule has 90 heavy (non-hydrogen) atoms. The number of benzene rings is 2. The Bertz CT molecular complexity index is 2820. The molecule has 2 aromatic carbocycles. The zero-order chi connectivity index (χ0) is 65.9. The molecule has 0 aromatic heterocycles. The largest absolute Gasteiger partial charge is 0.507 e. The smallest absolute Gasteiger partial charge is 0.323 e. The van der Waals surface area contributed by atoms with E-state index in [1.54, 1.807) is 0 Å². The van der Waals surface area contributed by atoms with Crippen LogP contribution in [0.15, 0.2) is 24.3 Å². The van der Waals surface area contributed by atoms with Crippen LogP contribution in [0, 0.1) is 40.4 Å². The number of fused-ring (bicyclic) bond motifs is 5. The predicted molar refractivity (Wildman–Crippen MR) is 329 cm³/mol. The van der Waals surface area contributed by atoms with Gasteiger partial charge in [0.2, 0.25) is 11.8 Å². The summed E-state index contributed by atoms with van der Waals surface area (Å²) in [6, 6.07) is 3.13. The molecule has 4 amide bonds. The van der Waals surface area contributed by atoms with Crippen molar-refractivity contribution < 1.29 is 91.6 Å². The van der Waals surface area contributed by atoms with Crippen molar-refractivity contribution in [1.29, 1.82) is 0 Å². The molecule has 502 valence electrons. The second-order valence-electron chi connectivity index (χ2n) is 25.5. The number of aliphatic hydroxyl groups is 1. The SMILES string of the molecule is CCCCCC[C@](C)(O)[C@H]1CC[C@H]2[C@@H]3C[C@H](OC(=O)[C@@H](N)CC(=O)NCCOCCOCC(=O)Cc4ccc(OC)c(C(N)=O)c4O)[C@H]4C[C@@H](OC(=O)[C@@H](N)CC(=O)CCCOCCOCC(=O)Nc5ccc(OC)c(C(N)=O)c5O)CC[C@]4(C)[C@H]3CC[C@@]21C. The maximum absolute atomic E-state index is 14.1. The summed E-state index contributed by atoms with van der Waals surface area (Å²) in [5, 5.41) is 38.2. The van der Waals surface area contributed by atoms with Gasteiger partial charge < -0.3 is 86.8 Å². The monoisotopic (exact) mass is 1270 g/mol. The Balaban J connectivity index is 0.968. The number of primary amides is 2. The first-order chi connectivity index (χ1) is 42.8. The van der Waals surface area contributed by atoms with E-state index in [-0.39, 0.29) is 171 Å². The molecule has 0 saturated heterocycles. The lowest BCUT2D eigenvalue weighted by Gasteiger charge is -2.63. The predicted octanol–water partition coefficient (Wildman–Crippen LogP) is 4.84. The van der Waals surface area contributed by atoms with Crippen molar-refractivity contribution in [2.24, 2.45) is 63.4 Å². The van der Waals surface area contributed by atoms with E-state index in [0.29, 0.717) is 32.1 Å². The molecule has 4 aliphatic rings. The number of amides is 4. The molecule has 4 aliphatic carbocycles. The Morgan fingerprint density at radius 3 is 1.94 bits per heavy atom. The number of hydrogen-bond donors (Lipinski definition) is 9. The summed E-state index contributed by atoms with van der Waals surface area (Å²) in [7, 11) is 2.63. The maximum Gasteiger partial charge on any atom is 0.323 e. The molecule has 6 rings (SSSR count). The normalized spacial score (nSPS) is 24.8. The molecule has 13 N–H and O–H groups in total. The number of esters is 2. The highest BCUT2D eigenvalue weighted by molar-refractivity contribution is 6.03. The summed E-state index contributed by atoms with van der Waals surface area (Å²) in [6.45, 7) is 8.86. The number of ketones is 2. The van der Waals surface area contributed by atoms with Crippen LogP contribution in [0.5, 0.6) is 23.0 Å². The molecule has 0 radical (unpaired) electrons. The van der Waals surface area contributed by atoms with E-state index in [4.69, 9.17) is 60.8 Å². The van der Waals surface area contributed by atoms with Crippen LogP contribution >= 0.6 is 0 Å². The number of phenols is 2. The standard InChI is InChI=1S/C65H98N6O19/c1-7-8-9-10-21-65(4,82)52-18-14-43-42-34-51(90-62(81)47(67)35-53(74)70-24-26-86-28-29-87-36-40(73)31-38-13-16-49(83-5)55(57(38)76)59(68)78)45-33-41(19-22-63(45,2)44(42)20-23-64(43,52)3)89-61(80)46(66)32-39(72)12-11-25-85-27-30-88-37-54(75)71-48-15-17-50(84-6)56(58(48)77)60(69)79/h13,15-17,41-47,51-52,76-77,82H,7-12,14,18-37,66-67H2,1-6H3,(H2,68,78)(H2,69,79)(H,70,74)(H,71,75)/t41-,42-,43-,44-,45+,46-,47-,51-,52-,63+,64-,65-/m0/s1. The molecule has 12 atom stereocenters. The molecule has 2 aromatic rings. The lowest BCUT2D eigenvalue weighted by atomic mass is 9.43. The zero-order valence-electron chi connectivity index (χ0n) is 53.3. The first-order valence-electron chi connectivity index (χ1n) is 31.7. The fourth-order valence-electron chi connectivity index (χ4n) is 15.0. The van der Waals surface area contributed by atoms with E-state index in [1.807, 2.05) is 6.92 Å². The Morgan fingerprint density at radius 1 is 0.656 bits per heavy atom. The third-order valence-electron chi connectivity index (χ3n) is 19.4. The average molecular weight is 1270 g/mol. The number of anilines is 1. The summed E-state index contributed by atoms with van der Waals surface area (Å²) in [5.74, 6) is -5.20. The fraction of sp³-hybridized carbons (Fsp3) is 0.692. The van der Waals surface area contributed by atoms with Crippen LogP contribution in [0.3, 0.4) is 0 Å². The van der Waals surface area contributed by atoms with E-state index in [0.717, 1.165) is 57.8 Å². The first kappa shape index (κ1) is 72.6. The molecular formula is C65H98N6O19. The van der Waals surface area contributed by atoms with Gasteiger partial charge in [0.05, 0.1) is 65.0 Å². The second-order valence-corrected chi connectivity index (χ2v) is 25.5. The van der Waals surface area contributed by atoms with E-state index in [1.165, 1.54) is 38.5 Å². The topological polar surface area (TPSA) is 399 Å². The molecule has 0 bridgehead atoms. The highest BCUT2D eigenvalue weighted by atomic mass is 16.6. The van der Waals surface area contributed by atoms with E-state index < -0.39 is 77.0 Å². The Kier molecular flexibility index (Phi) is 27.2. The minimum atomic E-state index is -1.29. The number of hydrogen-bond acceptors (Lipinski definition) is 21. The summed E-state index contributed by atoms with van der Waals surface area (Å²) in [6.07, 6.45) is 9.45. The van der Waals surface area contributed by atoms with Gasteiger partial charge >= 0.3 is 11.9 Å². The Labute approximate surface area is 527 Å². The van der Waals surface area contributed by atoms with Crippen molar-refractivity contribution in [3.63, 3.8) is 0 Å². The minimum absolute atomic E-state index is 0.0434. The van der Waals surface area contributed by atoms with Crippen molar-refractivity contribution in [2.45, 2.75) is 173 Å². The van der Waals surface area contributed by atoms with Crippen LogP contribution in [0.1, 0.15) is 163 Å². The molecule has 4 saturated carbocycles. The minimum Gasteiger partial charge on any atom is -0.507 e. The van der Waals surface area contributed by atoms with E-state index in [2.05, 4.69) is 31.4 Å². The number of carbonyl (C=O) groups is 8. The lowest BCUT2D eigenvalue weighted by Crippen LogP contribution is -2.60. The van der Waals surface area contributed by atoms with Crippen LogP contribution in [0.25, 0.3) is 0 Å². The molecule has 0 aliphatic heterocycles. The number of methoxy groups -OCH3 is 2. The molecule has 0 unspecified atom stereocenters. The summed E-state index contributed by atoms with van der Waals surface area (Å²) in [5.41, 5.74) is 21.8. The fourth-order valence-corrected chi connectivity index (χ4v) is 15.0. The summed E-state index contributed by atoms with van der Waals surface area (Å²) < 4.78 is 44.6. The second kappa shape index (κ2) is 33.7. The number of ether oxygens (including phenoxy) is 8. The van der Waals surface area contributed by atoms with Gasteiger partial charge in [-0.2, -0.15) is 0 Å². The van der Waals surface area contributed by atoms with Gasteiger partial charge in [-0.05, 0) is 124 Å². The number of nitrogens with two attached hydrogens (primary N) is 4. The highest BCUT2D eigenvalue weighted by Crippen LogP contribution is 2.69. The van der Waals surface area contributed by atoms with Gasteiger partial charge in [-0.15, -0.1) is 0 Å². The van der Waals surface area contributed by atoms with Crippen molar-refractivity contribution in [1.82, 2.24) is 5.32 Å². The molecule has 25 nitrogen and oxygen atoms in total. The van der Waals surface area contributed by atoms with E-state index in [9.17, 15) is 53.7 Å². The molecule has 0 spiro atoms. The van der Waals surface area contributed by atoms with Gasteiger partial charge in [-0.25, -0.2) is 0 Å². The zero-order valence-corrected chi connectivity index (χ0v) is 53.3. The summed E-state index contributed by atoms with van der Waals surface area (Å²) in [4.78, 5) is 102. The Morgan fingerprint density at radius 2 is 1.27 bits per heavy atom. The van der Waals surface area contributed by atoms with Crippen LogP contribution in [-0.2, 0) is 63.6 Å².